The third-order valence-corrected chi connectivity index (χ3v) is 6.20. The predicted molar refractivity (Wildman–Crippen MR) is 43.8 cm³/mol. The molecule has 3 heteroatoms. The van der Waals surface area contributed by atoms with Crippen molar-refractivity contribution < 1.29 is 4.12 Å². The molecular formula is C5H16OSi2. The molecule has 1 unspecified atom stereocenters. The minimum absolute atomic E-state index is 0.630. The van der Waals surface area contributed by atoms with Crippen LogP contribution in [0.25, 0.3) is 0 Å². The number of hydrogen-bond acceptors (Lipinski definition) is 1. The van der Waals surface area contributed by atoms with Crippen LogP contribution >= 0.6 is 0 Å². The quantitative estimate of drug-likeness (QED) is 0.526. The van der Waals surface area contributed by atoms with Crippen LogP contribution in [-0.4, -0.2) is 19.5 Å². The molecule has 0 rings (SSSR count). The second-order valence-electron chi connectivity index (χ2n) is 2.05. The maximum Gasteiger partial charge on any atom is 0.162 e. The third kappa shape index (κ3) is 3.40. The molecule has 0 saturated carbocycles. The summed E-state index contributed by atoms with van der Waals surface area (Å²) in [5.41, 5.74) is 0. The molecule has 0 N–H and O–H groups in total. The lowest BCUT2D eigenvalue weighted by Gasteiger charge is -2.08. The van der Waals surface area contributed by atoms with E-state index in [-0.39, 0.29) is 0 Å². The van der Waals surface area contributed by atoms with Crippen molar-refractivity contribution in [1.29, 1.82) is 0 Å². The maximum absolute atomic E-state index is 5.42. The monoisotopic (exact) mass is 148 g/mol. The fraction of sp³-hybridized carbons (Fsp3) is 1.00. The van der Waals surface area contributed by atoms with Crippen LogP contribution in [0.15, 0.2) is 0 Å². The molecular weight excluding hydrogens is 132 g/mol. The summed E-state index contributed by atoms with van der Waals surface area (Å²) in [6.07, 6.45) is 1.31. The van der Waals surface area contributed by atoms with Crippen molar-refractivity contribution in [3.05, 3.63) is 0 Å². The first kappa shape index (κ1) is 8.39. The van der Waals surface area contributed by atoms with Crippen LogP contribution in [0.2, 0.25) is 12.1 Å². The van der Waals surface area contributed by atoms with E-state index in [1.165, 1.54) is 18.5 Å². The van der Waals surface area contributed by atoms with Crippen LogP contribution in [0.4, 0.5) is 0 Å². The van der Waals surface area contributed by atoms with Gasteiger partial charge in [-0.3, -0.25) is 0 Å². The van der Waals surface area contributed by atoms with Gasteiger partial charge in [0.25, 0.3) is 0 Å². The van der Waals surface area contributed by atoms with Crippen molar-refractivity contribution in [3.63, 3.8) is 0 Å². The molecule has 8 heavy (non-hydrogen) atoms. The predicted octanol–water partition coefficient (Wildman–Crippen LogP) is 0.437. The Bertz CT molecular complexity index is 45.7. The zero-order valence-electron chi connectivity index (χ0n) is 6.11. The topological polar surface area (TPSA) is 9.23 Å². The molecule has 1 nitrogen and oxygen atoms in total. The Hall–Kier alpha value is 0.394. The van der Waals surface area contributed by atoms with Gasteiger partial charge in [0.05, 0.1) is 0 Å². The first-order valence-corrected chi connectivity index (χ1v) is 6.30. The molecule has 0 bridgehead atoms. The van der Waals surface area contributed by atoms with Crippen molar-refractivity contribution in [1.82, 2.24) is 0 Å². The summed E-state index contributed by atoms with van der Waals surface area (Å²) in [5, 5.41) is 0. The highest BCUT2D eigenvalue weighted by atomic mass is 28.3. The van der Waals surface area contributed by atoms with Gasteiger partial charge in [-0.15, -0.1) is 0 Å². The first-order chi connectivity index (χ1) is 3.85. The Morgan fingerprint density at radius 2 is 2.12 bits per heavy atom. The number of hydrogen-bond donors (Lipinski definition) is 0. The Kier molecular flexibility index (Phi) is 5.80. The van der Waals surface area contributed by atoms with Gasteiger partial charge in [-0.2, -0.15) is 0 Å². The van der Waals surface area contributed by atoms with E-state index >= 15 is 0 Å². The zero-order chi connectivity index (χ0) is 6.41. The molecule has 0 aromatic carbocycles. The van der Waals surface area contributed by atoms with E-state index < -0.39 is 9.04 Å². The van der Waals surface area contributed by atoms with Gasteiger partial charge in [-0.05, 0) is 12.1 Å². The maximum atomic E-state index is 5.42. The molecule has 1 atom stereocenters. The molecule has 0 aliphatic carbocycles. The van der Waals surface area contributed by atoms with Crippen LogP contribution in [-0.2, 0) is 4.12 Å². The van der Waals surface area contributed by atoms with E-state index in [9.17, 15) is 0 Å². The van der Waals surface area contributed by atoms with E-state index in [4.69, 9.17) is 4.12 Å². The van der Waals surface area contributed by atoms with Crippen LogP contribution in [0, 0.1) is 0 Å². The van der Waals surface area contributed by atoms with Gasteiger partial charge in [0.2, 0.25) is 0 Å². The number of rotatable bonds is 4. The van der Waals surface area contributed by atoms with Crippen molar-refractivity contribution >= 4 is 19.5 Å². The van der Waals surface area contributed by atoms with Gasteiger partial charge in [-0.25, -0.2) is 0 Å². The summed E-state index contributed by atoms with van der Waals surface area (Å²) in [7, 11) is 0.327. The lowest BCUT2D eigenvalue weighted by atomic mass is 10.6. The van der Waals surface area contributed by atoms with Crippen molar-refractivity contribution in [2.75, 3.05) is 0 Å². The van der Waals surface area contributed by atoms with Gasteiger partial charge in [0.15, 0.2) is 9.04 Å². The first-order valence-electron chi connectivity index (χ1n) is 3.37. The molecule has 0 aromatic rings. The summed E-state index contributed by atoms with van der Waals surface area (Å²) < 4.78 is 5.42. The fourth-order valence-corrected chi connectivity index (χ4v) is 4.14. The van der Waals surface area contributed by atoms with Crippen LogP contribution in [0.5, 0.6) is 0 Å². The zero-order valence-corrected chi connectivity index (χ0v) is 9.26. The standard InChI is InChI=1S/C5H16OSi2/c1-3-5-8(4-2)6-7/h8H,3-5H2,1-2,7H3. The molecule has 0 heterocycles. The average molecular weight is 148 g/mol. The average Bonchev–Trinajstić information content (AvgIpc) is 1.83. The third-order valence-electron chi connectivity index (χ3n) is 1.40. The Balaban J connectivity index is 3.07. The van der Waals surface area contributed by atoms with Gasteiger partial charge in [-0.1, -0.05) is 20.3 Å². The highest BCUT2D eigenvalue weighted by molar-refractivity contribution is 6.55. The molecule has 0 saturated heterocycles. The van der Waals surface area contributed by atoms with E-state index in [0.717, 1.165) is 10.5 Å². The fourth-order valence-electron chi connectivity index (χ4n) is 0.811. The highest BCUT2D eigenvalue weighted by Gasteiger charge is 2.02. The molecule has 0 aliphatic rings. The van der Waals surface area contributed by atoms with Gasteiger partial charge < -0.3 is 4.12 Å². The van der Waals surface area contributed by atoms with Crippen molar-refractivity contribution in [2.45, 2.75) is 32.4 Å². The Labute approximate surface area is 56.7 Å². The summed E-state index contributed by atoms with van der Waals surface area (Å²) in [5.74, 6) is 0. The highest BCUT2D eigenvalue weighted by Crippen LogP contribution is 2.00. The Morgan fingerprint density at radius 3 is 2.25 bits per heavy atom. The second kappa shape index (κ2) is 5.53. The summed E-state index contributed by atoms with van der Waals surface area (Å²) in [6, 6.07) is 2.69. The summed E-state index contributed by atoms with van der Waals surface area (Å²) in [4.78, 5) is 0. The lowest BCUT2D eigenvalue weighted by Crippen LogP contribution is -2.13. The molecule has 0 aromatic heterocycles. The molecule has 0 fully saturated rings. The van der Waals surface area contributed by atoms with E-state index in [1.54, 1.807) is 0 Å². The van der Waals surface area contributed by atoms with Crippen molar-refractivity contribution in [3.8, 4) is 0 Å². The molecule has 50 valence electrons. The molecule has 0 radical (unpaired) electrons. The second-order valence-corrected chi connectivity index (χ2v) is 6.58. The van der Waals surface area contributed by atoms with Crippen molar-refractivity contribution in [2.24, 2.45) is 0 Å². The normalized spacial score (nSPS) is 14.2. The summed E-state index contributed by atoms with van der Waals surface area (Å²) >= 11 is 0. The minimum Gasteiger partial charge on any atom is -0.466 e. The van der Waals surface area contributed by atoms with E-state index in [1.807, 2.05) is 0 Å². The van der Waals surface area contributed by atoms with Gasteiger partial charge in [0.1, 0.15) is 10.5 Å². The van der Waals surface area contributed by atoms with Gasteiger partial charge in [0, 0.05) is 0 Å². The molecule has 0 aliphatic heterocycles. The lowest BCUT2D eigenvalue weighted by molar-refractivity contribution is 0.623. The van der Waals surface area contributed by atoms with Crippen LogP contribution in [0.3, 0.4) is 0 Å². The smallest absolute Gasteiger partial charge is 0.162 e. The van der Waals surface area contributed by atoms with E-state index in [0.29, 0.717) is 0 Å². The van der Waals surface area contributed by atoms with E-state index in [2.05, 4.69) is 13.8 Å². The SMILES string of the molecule is CCC[SiH](CC)O[SiH3]. The Morgan fingerprint density at radius 1 is 1.50 bits per heavy atom. The van der Waals surface area contributed by atoms with Crippen LogP contribution in [0.1, 0.15) is 20.3 Å². The summed E-state index contributed by atoms with van der Waals surface area (Å²) in [6.45, 7) is 4.47. The van der Waals surface area contributed by atoms with Gasteiger partial charge >= 0.3 is 0 Å². The van der Waals surface area contributed by atoms with Crippen LogP contribution < -0.4 is 0 Å². The molecule has 0 spiro atoms. The largest absolute Gasteiger partial charge is 0.466 e. The minimum atomic E-state index is -0.630. The molecule has 0 amide bonds.